The highest BCUT2D eigenvalue weighted by molar-refractivity contribution is 6.03. The first-order valence-electron chi connectivity index (χ1n) is 10.1. The molecular weight excluding hydrogens is 428 g/mol. The molecule has 1 aliphatic rings. The van der Waals surface area contributed by atoms with Crippen LogP contribution < -0.4 is 10.6 Å². The van der Waals surface area contributed by atoms with Crippen molar-refractivity contribution in [3.8, 4) is 0 Å². The van der Waals surface area contributed by atoms with Crippen LogP contribution in [0, 0.1) is 31.1 Å². The van der Waals surface area contributed by atoms with E-state index < -0.39 is 57.0 Å². The number of nitrogens with one attached hydrogen (secondary N) is 2. The maximum absolute atomic E-state index is 12.3. The largest absolute Gasteiger partial charge is 0.460 e. The summed E-state index contributed by atoms with van der Waals surface area (Å²) in [6.07, 6.45) is 1.35. The van der Waals surface area contributed by atoms with Gasteiger partial charge in [-0.2, -0.15) is 0 Å². The Morgan fingerprint density at radius 2 is 1.59 bits per heavy atom. The fourth-order valence-corrected chi connectivity index (χ4v) is 4.49. The van der Waals surface area contributed by atoms with Crippen molar-refractivity contribution in [3.05, 3.63) is 20.2 Å². The zero-order valence-corrected chi connectivity index (χ0v) is 18.8. The van der Waals surface area contributed by atoms with Gasteiger partial charge in [0.05, 0.1) is 6.61 Å². The van der Waals surface area contributed by atoms with Crippen LogP contribution in [0.15, 0.2) is 0 Å². The van der Waals surface area contributed by atoms with Crippen molar-refractivity contribution < 1.29 is 33.8 Å². The number of nitrogens with zero attached hydrogens (tertiary/aromatic N) is 2. The summed E-state index contributed by atoms with van der Waals surface area (Å²) in [5.74, 6) is -4.26. The second-order valence-corrected chi connectivity index (χ2v) is 9.22. The molecule has 32 heavy (non-hydrogen) atoms. The van der Waals surface area contributed by atoms with E-state index in [4.69, 9.17) is 0 Å². The van der Waals surface area contributed by atoms with Crippen LogP contribution in [0.5, 0.6) is 0 Å². The lowest BCUT2D eigenvalue weighted by molar-refractivity contribution is -0.496. The molecule has 4 atom stereocenters. The number of hydrogen-bond donors (Lipinski definition) is 2. The molecule has 13 nitrogen and oxygen atoms in total. The van der Waals surface area contributed by atoms with Crippen LogP contribution in [0.3, 0.4) is 0 Å². The van der Waals surface area contributed by atoms with E-state index in [0.29, 0.717) is 19.3 Å². The first kappa shape index (κ1) is 26.9. The molecule has 2 amide bonds. The number of rotatable bonds is 10. The molecule has 0 saturated heterocycles. The lowest BCUT2D eigenvalue weighted by atomic mass is 9.62. The van der Waals surface area contributed by atoms with Crippen molar-refractivity contribution in [3.63, 3.8) is 0 Å². The first-order valence-corrected chi connectivity index (χ1v) is 10.1. The molecule has 180 valence electrons. The summed E-state index contributed by atoms with van der Waals surface area (Å²) in [7, 11) is 0. The maximum atomic E-state index is 12.3. The van der Waals surface area contributed by atoms with Gasteiger partial charge in [0.1, 0.15) is 0 Å². The second-order valence-electron chi connectivity index (χ2n) is 9.22. The van der Waals surface area contributed by atoms with Crippen LogP contribution in [0.4, 0.5) is 0 Å². The zero-order chi connectivity index (χ0) is 24.9. The number of Topliss-reactive ketones (excluding diaryl/α,β-unsaturated/α-hetero) is 1. The fraction of sp³-hybridized carbons (Fsp3) is 0.789. The van der Waals surface area contributed by atoms with Crippen LogP contribution in [-0.2, 0) is 23.9 Å². The number of ketones is 1. The molecule has 4 unspecified atom stereocenters. The standard InChI is InChI=1S/C19H30N4O9/c1-6-32-17(27)14(23(30)31)15(25)20-10-19(5)8-12(7-18(3,4)9-19)21-16(26)13(11(2)24)22(28)29/h12-14H,6-10H2,1-5H3,(H,20,25)(H,21,26). The fourth-order valence-electron chi connectivity index (χ4n) is 4.49. The van der Waals surface area contributed by atoms with Gasteiger partial charge in [-0.3, -0.25) is 34.6 Å². The lowest BCUT2D eigenvalue weighted by Crippen LogP contribution is -2.55. The van der Waals surface area contributed by atoms with E-state index in [9.17, 15) is 39.4 Å². The summed E-state index contributed by atoms with van der Waals surface area (Å²) >= 11 is 0. The SMILES string of the molecule is CCOC(=O)C(C(=O)NCC1(C)CC(NC(=O)C(C(C)=O)[N+](=O)[O-])CC(C)(C)C1)[N+](=O)[O-]. The topological polar surface area (TPSA) is 188 Å². The molecule has 0 spiro atoms. The molecule has 0 radical (unpaired) electrons. The van der Waals surface area contributed by atoms with Gasteiger partial charge < -0.3 is 15.4 Å². The van der Waals surface area contributed by atoms with Gasteiger partial charge in [-0.05, 0) is 37.0 Å². The average Bonchev–Trinajstić information content (AvgIpc) is 2.57. The monoisotopic (exact) mass is 458 g/mol. The molecule has 1 saturated carbocycles. The van der Waals surface area contributed by atoms with Crippen LogP contribution in [0.2, 0.25) is 0 Å². The minimum Gasteiger partial charge on any atom is -0.460 e. The lowest BCUT2D eigenvalue weighted by Gasteiger charge is -2.47. The molecule has 0 bridgehead atoms. The third kappa shape index (κ3) is 7.24. The summed E-state index contributed by atoms with van der Waals surface area (Å²) < 4.78 is 4.59. The Kier molecular flexibility index (Phi) is 8.80. The zero-order valence-electron chi connectivity index (χ0n) is 18.8. The highest BCUT2D eigenvalue weighted by Gasteiger charge is 2.45. The number of carbonyl (C=O) groups is 4. The summed E-state index contributed by atoms with van der Waals surface area (Å²) in [4.78, 5) is 68.1. The smallest absolute Gasteiger partial charge is 0.392 e. The van der Waals surface area contributed by atoms with E-state index >= 15 is 0 Å². The molecule has 1 aliphatic carbocycles. The number of amides is 2. The Balaban J connectivity index is 2.94. The van der Waals surface area contributed by atoms with Crippen molar-refractivity contribution in [2.45, 2.75) is 72.0 Å². The van der Waals surface area contributed by atoms with Gasteiger partial charge in [-0.15, -0.1) is 0 Å². The number of esters is 1. The first-order chi connectivity index (χ1) is 14.6. The summed E-state index contributed by atoms with van der Waals surface area (Å²) in [6.45, 7) is 7.91. The van der Waals surface area contributed by atoms with Gasteiger partial charge in [-0.25, -0.2) is 4.79 Å². The Bertz CT molecular complexity index is 784. The molecule has 1 rings (SSSR count). The molecule has 0 heterocycles. The third-order valence-electron chi connectivity index (χ3n) is 5.29. The molecule has 1 fully saturated rings. The second kappa shape index (κ2) is 10.5. The maximum Gasteiger partial charge on any atom is 0.392 e. The van der Waals surface area contributed by atoms with Crippen molar-refractivity contribution in [2.24, 2.45) is 10.8 Å². The van der Waals surface area contributed by atoms with E-state index in [-0.39, 0.29) is 18.6 Å². The van der Waals surface area contributed by atoms with Crippen LogP contribution in [0.1, 0.15) is 53.9 Å². The molecular formula is C19H30N4O9. The summed E-state index contributed by atoms with van der Waals surface area (Å²) in [6, 6.07) is -4.72. The van der Waals surface area contributed by atoms with Gasteiger partial charge in [0.15, 0.2) is 0 Å². The van der Waals surface area contributed by atoms with Crippen LogP contribution >= 0.6 is 0 Å². The van der Waals surface area contributed by atoms with E-state index in [1.807, 2.05) is 13.8 Å². The Hall–Kier alpha value is -3.12. The molecule has 0 aromatic rings. The third-order valence-corrected chi connectivity index (χ3v) is 5.29. The predicted molar refractivity (Wildman–Crippen MR) is 110 cm³/mol. The molecule has 2 N–H and O–H groups in total. The van der Waals surface area contributed by atoms with Crippen molar-refractivity contribution in [1.29, 1.82) is 0 Å². The molecule has 0 aromatic heterocycles. The van der Waals surface area contributed by atoms with Gasteiger partial charge in [-0.1, -0.05) is 20.8 Å². The van der Waals surface area contributed by atoms with Gasteiger partial charge >= 0.3 is 29.9 Å². The predicted octanol–water partition coefficient (Wildman–Crippen LogP) is 0.247. The van der Waals surface area contributed by atoms with Crippen molar-refractivity contribution in [1.82, 2.24) is 10.6 Å². The van der Waals surface area contributed by atoms with Gasteiger partial charge in [0.25, 0.3) is 0 Å². The molecule has 0 aliphatic heterocycles. The van der Waals surface area contributed by atoms with Crippen LogP contribution in [-0.4, -0.2) is 64.7 Å². The van der Waals surface area contributed by atoms with Gasteiger partial charge in [0, 0.05) is 29.4 Å². The highest BCUT2D eigenvalue weighted by Crippen LogP contribution is 2.45. The number of nitro groups is 2. The average molecular weight is 458 g/mol. The van der Waals surface area contributed by atoms with Crippen LogP contribution in [0.25, 0.3) is 0 Å². The Morgan fingerprint density at radius 3 is 2.06 bits per heavy atom. The molecule has 0 aromatic carbocycles. The quantitative estimate of drug-likeness (QED) is 0.200. The number of hydrogen-bond acceptors (Lipinski definition) is 9. The normalized spacial score (nSPS) is 23.8. The minimum absolute atomic E-state index is 0.0310. The Morgan fingerprint density at radius 1 is 1.03 bits per heavy atom. The molecule has 13 heteroatoms. The van der Waals surface area contributed by atoms with E-state index in [1.54, 1.807) is 6.92 Å². The van der Waals surface area contributed by atoms with E-state index in [0.717, 1.165) is 6.92 Å². The van der Waals surface area contributed by atoms with Crippen molar-refractivity contribution in [2.75, 3.05) is 13.2 Å². The Labute approximate surface area is 184 Å². The number of carbonyl (C=O) groups excluding carboxylic acids is 4. The summed E-state index contributed by atoms with van der Waals surface area (Å²) in [5, 5.41) is 27.2. The van der Waals surface area contributed by atoms with E-state index in [2.05, 4.69) is 15.4 Å². The number of ether oxygens (including phenoxy) is 1. The minimum atomic E-state index is -2.19. The summed E-state index contributed by atoms with van der Waals surface area (Å²) in [5.41, 5.74) is -0.995. The van der Waals surface area contributed by atoms with Crippen molar-refractivity contribution >= 4 is 23.6 Å². The highest BCUT2D eigenvalue weighted by atomic mass is 16.6. The van der Waals surface area contributed by atoms with E-state index in [1.165, 1.54) is 6.92 Å². The van der Waals surface area contributed by atoms with Gasteiger partial charge in [0.2, 0.25) is 5.78 Å².